The Labute approximate surface area is 113 Å². The van der Waals surface area contributed by atoms with Gasteiger partial charge in [-0.2, -0.15) is 0 Å². The van der Waals surface area contributed by atoms with Crippen LogP contribution in [0.25, 0.3) is 0 Å². The first-order valence-corrected chi connectivity index (χ1v) is 6.46. The van der Waals surface area contributed by atoms with Crippen LogP contribution in [-0.4, -0.2) is 34.8 Å². The molecular formula is C15H19NO3. The monoisotopic (exact) mass is 261 g/mol. The number of aliphatic hydroxyl groups excluding tert-OH is 1. The fourth-order valence-corrected chi connectivity index (χ4v) is 2.20. The molecule has 19 heavy (non-hydrogen) atoms. The average Bonchev–Trinajstić information content (AvgIpc) is 2.44. The van der Waals surface area contributed by atoms with Crippen LogP contribution in [0.15, 0.2) is 43.0 Å². The van der Waals surface area contributed by atoms with Crippen LogP contribution < -0.4 is 0 Å². The summed E-state index contributed by atoms with van der Waals surface area (Å²) in [4.78, 5) is 13.1. The summed E-state index contributed by atoms with van der Waals surface area (Å²) in [7, 11) is 0. The van der Waals surface area contributed by atoms with Crippen molar-refractivity contribution in [3.63, 3.8) is 0 Å². The minimum atomic E-state index is -0.886. The topological polar surface area (TPSA) is 49.8 Å². The first kappa shape index (κ1) is 13.8. The molecule has 0 aliphatic carbocycles. The van der Waals surface area contributed by atoms with E-state index in [1.807, 2.05) is 30.3 Å². The molecule has 2 atom stereocenters. The third-order valence-corrected chi connectivity index (χ3v) is 3.25. The average molecular weight is 261 g/mol. The van der Waals surface area contributed by atoms with E-state index in [0.29, 0.717) is 26.0 Å². The summed E-state index contributed by atoms with van der Waals surface area (Å²) in [5.74, 6) is -0.0491. The molecule has 4 heteroatoms. The lowest BCUT2D eigenvalue weighted by Gasteiger charge is -2.37. The maximum atomic E-state index is 11.7. The molecule has 1 saturated heterocycles. The maximum absolute atomic E-state index is 11.7. The van der Waals surface area contributed by atoms with Gasteiger partial charge in [-0.3, -0.25) is 4.79 Å². The van der Waals surface area contributed by atoms with Crippen molar-refractivity contribution in [2.24, 2.45) is 0 Å². The van der Waals surface area contributed by atoms with E-state index in [-0.39, 0.29) is 12.0 Å². The molecule has 1 aliphatic rings. The van der Waals surface area contributed by atoms with Crippen molar-refractivity contribution in [3.8, 4) is 0 Å². The van der Waals surface area contributed by atoms with Gasteiger partial charge in [0.1, 0.15) is 6.10 Å². The Kier molecular flexibility index (Phi) is 4.71. The van der Waals surface area contributed by atoms with E-state index in [0.717, 1.165) is 5.56 Å². The molecule has 102 valence electrons. The summed E-state index contributed by atoms with van der Waals surface area (Å²) in [6.45, 7) is 4.39. The molecule has 0 bridgehead atoms. The van der Waals surface area contributed by atoms with Crippen molar-refractivity contribution in [3.05, 3.63) is 48.6 Å². The van der Waals surface area contributed by atoms with Gasteiger partial charge in [0, 0.05) is 13.0 Å². The van der Waals surface area contributed by atoms with Crippen molar-refractivity contribution in [1.29, 1.82) is 0 Å². The molecule has 0 aromatic heterocycles. The largest absolute Gasteiger partial charge is 0.371 e. The van der Waals surface area contributed by atoms with E-state index in [2.05, 4.69) is 6.58 Å². The second kappa shape index (κ2) is 6.50. The van der Waals surface area contributed by atoms with E-state index < -0.39 is 6.23 Å². The SMILES string of the molecule is C=CCN1C(=O)CC[C@@H](OCc2ccccc2)C1O. The molecule has 0 radical (unpaired) electrons. The van der Waals surface area contributed by atoms with Crippen LogP contribution >= 0.6 is 0 Å². The zero-order valence-corrected chi connectivity index (χ0v) is 10.9. The minimum absolute atomic E-state index is 0.0491. The van der Waals surface area contributed by atoms with Crippen LogP contribution in [-0.2, 0) is 16.1 Å². The number of nitrogens with zero attached hydrogens (tertiary/aromatic N) is 1. The Balaban J connectivity index is 1.93. The van der Waals surface area contributed by atoms with Gasteiger partial charge >= 0.3 is 0 Å². The highest BCUT2D eigenvalue weighted by Crippen LogP contribution is 2.21. The van der Waals surface area contributed by atoms with Gasteiger partial charge in [0.2, 0.25) is 5.91 Å². The number of carbonyl (C=O) groups excluding carboxylic acids is 1. The normalized spacial score (nSPS) is 23.4. The van der Waals surface area contributed by atoms with Crippen molar-refractivity contribution in [1.82, 2.24) is 4.90 Å². The predicted octanol–water partition coefficient (Wildman–Crippen LogP) is 1.70. The van der Waals surface area contributed by atoms with Crippen LogP contribution in [0.1, 0.15) is 18.4 Å². The second-order valence-electron chi connectivity index (χ2n) is 4.62. The predicted molar refractivity (Wildman–Crippen MR) is 72.2 cm³/mol. The standard InChI is InChI=1S/C15H19NO3/c1-2-10-16-14(17)9-8-13(15(16)18)19-11-12-6-4-3-5-7-12/h2-7,13,15,18H,1,8-11H2/t13-,15?/m1/s1. The number of ether oxygens (including phenoxy) is 1. The van der Waals surface area contributed by atoms with Crippen LogP contribution in [0.2, 0.25) is 0 Å². The van der Waals surface area contributed by atoms with Gasteiger partial charge in [-0.15, -0.1) is 6.58 Å². The molecule has 1 aliphatic heterocycles. The first-order valence-electron chi connectivity index (χ1n) is 6.46. The van der Waals surface area contributed by atoms with Gasteiger partial charge in [0.25, 0.3) is 0 Å². The van der Waals surface area contributed by atoms with Crippen LogP contribution in [0.3, 0.4) is 0 Å². The Bertz CT molecular complexity index is 432. The summed E-state index contributed by atoms with van der Waals surface area (Å²) in [6.07, 6.45) is 1.35. The first-order chi connectivity index (χ1) is 9.22. The minimum Gasteiger partial charge on any atom is -0.371 e. The molecular weight excluding hydrogens is 242 g/mol. The van der Waals surface area contributed by atoms with Crippen molar-refractivity contribution >= 4 is 5.91 Å². The van der Waals surface area contributed by atoms with Crippen molar-refractivity contribution in [2.45, 2.75) is 31.8 Å². The maximum Gasteiger partial charge on any atom is 0.225 e. The van der Waals surface area contributed by atoms with E-state index in [4.69, 9.17) is 4.74 Å². The molecule has 1 heterocycles. The van der Waals surface area contributed by atoms with Gasteiger partial charge in [0.15, 0.2) is 6.23 Å². The van der Waals surface area contributed by atoms with Gasteiger partial charge in [0.05, 0.1) is 6.61 Å². The molecule has 1 unspecified atom stereocenters. The third kappa shape index (κ3) is 3.43. The number of rotatable bonds is 5. The van der Waals surface area contributed by atoms with E-state index in [1.54, 1.807) is 6.08 Å². The van der Waals surface area contributed by atoms with Crippen molar-refractivity contribution < 1.29 is 14.6 Å². The molecule has 2 rings (SSSR count). The summed E-state index contributed by atoms with van der Waals surface area (Å²) in [5.41, 5.74) is 1.06. The van der Waals surface area contributed by atoms with Crippen molar-refractivity contribution in [2.75, 3.05) is 6.54 Å². The number of likely N-dealkylation sites (tertiary alicyclic amines) is 1. The molecule has 0 spiro atoms. The molecule has 1 fully saturated rings. The van der Waals surface area contributed by atoms with E-state index in [9.17, 15) is 9.90 Å². The number of hydrogen-bond acceptors (Lipinski definition) is 3. The lowest BCUT2D eigenvalue weighted by molar-refractivity contribution is -0.168. The summed E-state index contributed by atoms with van der Waals surface area (Å²) in [5, 5.41) is 10.1. The van der Waals surface area contributed by atoms with Gasteiger partial charge in [-0.05, 0) is 12.0 Å². The van der Waals surface area contributed by atoms with E-state index in [1.165, 1.54) is 4.90 Å². The summed E-state index contributed by atoms with van der Waals surface area (Å²) in [6, 6.07) is 9.79. The van der Waals surface area contributed by atoms with Crippen LogP contribution in [0.5, 0.6) is 0 Å². The third-order valence-electron chi connectivity index (χ3n) is 3.25. The van der Waals surface area contributed by atoms with E-state index >= 15 is 0 Å². The fourth-order valence-electron chi connectivity index (χ4n) is 2.20. The Morgan fingerprint density at radius 2 is 2.16 bits per heavy atom. The van der Waals surface area contributed by atoms with Crippen LogP contribution in [0, 0.1) is 0 Å². The number of benzene rings is 1. The number of carbonyl (C=O) groups is 1. The lowest BCUT2D eigenvalue weighted by atomic mass is 10.1. The number of amides is 1. The highest BCUT2D eigenvalue weighted by Gasteiger charge is 2.34. The Hall–Kier alpha value is -1.65. The molecule has 0 saturated carbocycles. The number of aliphatic hydroxyl groups is 1. The molecule has 4 nitrogen and oxygen atoms in total. The molecule has 1 aromatic rings. The van der Waals surface area contributed by atoms with Gasteiger partial charge in [-0.25, -0.2) is 0 Å². The van der Waals surface area contributed by atoms with Gasteiger partial charge in [-0.1, -0.05) is 36.4 Å². The molecule has 1 N–H and O–H groups in total. The zero-order chi connectivity index (χ0) is 13.7. The molecule has 1 aromatic carbocycles. The zero-order valence-electron chi connectivity index (χ0n) is 10.9. The number of hydrogen-bond donors (Lipinski definition) is 1. The highest BCUT2D eigenvalue weighted by molar-refractivity contribution is 5.77. The highest BCUT2D eigenvalue weighted by atomic mass is 16.5. The quantitative estimate of drug-likeness (QED) is 0.821. The smallest absolute Gasteiger partial charge is 0.225 e. The second-order valence-corrected chi connectivity index (χ2v) is 4.62. The fraction of sp³-hybridized carbons (Fsp3) is 0.400. The van der Waals surface area contributed by atoms with Gasteiger partial charge < -0.3 is 14.7 Å². The van der Waals surface area contributed by atoms with Crippen LogP contribution in [0.4, 0.5) is 0 Å². The Morgan fingerprint density at radius 3 is 2.84 bits per heavy atom. The number of piperidine rings is 1. The Morgan fingerprint density at radius 1 is 1.42 bits per heavy atom. The lowest BCUT2D eigenvalue weighted by Crippen LogP contribution is -2.52. The summed E-state index contributed by atoms with van der Waals surface area (Å²) < 4.78 is 5.73. The summed E-state index contributed by atoms with van der Waals surface area (Å²) >= 11 is 0. The molecule has 1 amide bonds.